The summed E-state index contributed by atoms with van der Waals surface area (Å²) in [6.45, 7) is 0.178. The molecule has 35 heavy (non-hydrogen) atoms. The van der Waals surface area contributed by atoms with Gasteiger partial charge in [-0.15, -0.1) is 0 Å². The maximum absolute atomic E-state index is 12.8. The number of benzene rings is 2. The summed E-state index contributed by atoms with van der Waals surface area (Å²) in [5.74, 6) is -2.03. The van der Waals surface area contributed by atoms with Gasteiger partial charge in [-0.05, 0) is 41.0 Å². The van der Waals surface area contributed by atoms with Gasteiger partial charge in [0.25, 0.3) is 0 Å². The zero-order valence-electron chi connectivity index (χ0n) is 19.6. The Bertz CT molecular complexity index is 1030. The number of aliphatic carboxylic acids is 1. The van der Waals surface area contributed by atoms with Crippen LogP contribution in [0, 0.1) is 11.8 Å². The number of alkyl carbamates (subject to hydrolysis) is 1. The molecule has 0 unspecified atom stereocenters. The van der Waals surface area contributed by atoms with Gasteiger partial charge < -0.3 is 25.6 Å². The highest BCUT2D eigenvalue weighted by Crippen LogP contribution is 2.44. The van der Waals surface area contributed by atoms with E-state index in [4.69, 9.17) is 9.84 Å². The number of amides is 2. The molecule has 0 bridgehead atoms. The number of carbonyl (C=O) groups excluding carboxylic acids is 2. The molecule has 2 aliphatic carbocycles. The van der Waals surface area contributed by atoms with Crippen LogP contribution < -0.4 is 10.6 Å². The number of carboxylic acids is 1. The summed E-state index contributed by atoms with van der Waals surface area (Å²) in [7, 11) is 0. The molecule has 2 aliphatic rings. The Balaban J connectivity index is 1.32. The van der Waals surface area contributed by atoms with Crippen LogP contribution in [0.15, 0.2) is 48.5 Å². The number of rotatable bonds is 9. The van der Waals surface area contributed by atoms with Gasteiger partial charge in [-0.25, -0.2) is 9.59 Å². The first-order valence-electron chi connectivity index (χ1n) is 12.2. The zero-order valence-corrected chi connectivity index (χ0v) is 19.6. The number of hydrogen-bond donors (Lipinski definition) is 4. The minimum Gasteiger partial charge on any atom is -0.480 e. The summed E-state index contributed by atoms with van der Waals surface area (Å²) in [4.78, 5) is 36.7. The van der Waals surface area contributed by atoms with Gasteiger partial charge in [0.05, 0.1) is 0 Å². The van der Waals surface area contributed by atoms with Crippen LogP contribution >= 0.6 is 0 Å². The second-order valence-corrected chi connectivity index (χ2v) is 9.27. The van der Waals surface area contributed by atoms with Crippen molar-refractivity contribution in [1.29, 1.82) is 0 Å². The van der Waals surface area contributed by atoms with Gasteiger partial charge in [-0.1, -0.05) is 61.4 Å². The molecule has 4 rings (SSSR count). The average Bonchev–Trinajstić information content (AvgIpc) is 3.19. The van der Waals surface area contributed by atoms with Gasteiger partial charge >= 0.3 is 12.1 Å². The smallest absolute Gasteiger partial charge is 0.407 e. The van der Waals surface area contributed by atoms with Crippen LogP contribution in [-0.2, 0) is 14.3 Å². The minimum atomic E-state index is -1.17. The number of aliphatic hydroxyl groups excluding tert-OH is 1. The third-order valence-electron chi connectivity index (χ3n) is 7.13. The van der Waals surface area contributed by atoms with E-state index >= 15 is 0 Å². The predicted molar refractivity (Wildman–Crippen MR) is 130 cm³/mol. The van der Waals surface area contributed by atoms with Crippen LogP contribution in [0.25, 0.3) is 11.1 Å². The Morgan fingerprint density at radius 3 is 2.23 bits per heavy atom. The van der Waals surface area contributed by atoms with Gasteiger partial charge in [-0.2, -0.15) is 0 Å². The summed E-state index contributed by atoms with van der Waals surface area (Å²) >= 11 is 0. The molecule has 8 heteroatoms. The fourth-order valence-corrected chi connectivity index (χ4v) is 5.33. The fourth-order valence-electron chi connectivity index (χ4n) is 5.33. The van der Waals surface area contributed by atoms with Gasteiger partial charge in [0.2, 0.25) is 5.91 Å². The summed E-state index contributed by atoms with van der Waals surface area (Å²) in [5.41, 5.74) is 4.60. The number of nitrogens with one attached hydrogen (secondary N) is 2. The second kappa shape index (κ2) is 11.4. The molecule has 0 heterocycles. The fraction of sp³-hybridized carbons (Fsp3) is 0.444. The third-order valence-corrected chi connectivity index (χ3v) is 7.13. The molecule has 3 atom stereocenters. The Hall–Kier alpha value is -3.39. The Morgan fingerprint density at radius 2 is 1.60 bits per heavy atom. The third kappa shape index (κ3) is 5.65. The van der Waals surface area contributed by atoms with E-state index in [-0.39, 0.29) is 43.9 Å². The maximum Gasteiger partial charge on any atom is 0.407 e. The summed E-state index contributed by atoms with van der Waals surface area (Å²) in [5, 5.41) is 23.7. The first-order valence-corrected chi connectivity index (χ1v) is 12.2. The minimum absolute atomic E-state index is 0.0270. The van der Waals surface area contributed by atoms with Gasteiger partial charge in [0.1, 0.15) is 12.6 Å². The van der Waals surface area contributed by atoms with E-state index in [1.807, 2.05) is 24.3 Å². The van der Waals surface area contributed by atoms with Gasteiger partial charge in [0, 0.05) is 31.4 Å². The first-order chi connectivity index (χ1) is 17.0. The monoisotopic (exact) mass is 480 g/mol. The molecule has 186 valence electrons. The molecule has 8 nitrogen and oxygen atoms in total. The molecule has 2 amide bonds. The van der Waals surface area contributed by atoms with Crippen molar-refractivity contribution < 1.29 is 29.3 Å². The van der Waals surface area contributed by atoms with Gasteiger partial charge in [0.15, 0.2) is 0 Å². The summed E-state index contributed by atoms with van der Waals surface area (Å²) < 4.78 is 5.60. The number of aliphatic hydroxyl groups is 1. The molecular formula is C27H32N2O6. The van der Waals surface area contributed by atoms with E-state index in [1.54, 1.807) is 0 Å². The van der Waals surface area contributed by atoms with E-state index in [2.05, 4.69) is 34.9 Å². The van der Waals surface area contributed by atoms with Crippen molar-refractivity contribution >= 4 is 18.0 Å². The number of carbonyl (C=O) groups is 3. The van der Waals surface area contributed by atoms with E-state index in [1.165, 1.54) is 0 Å². The molecular weight excluding hydrogens is 448 g/mol. The predicted octanol–water partition coefficient (Wildman–Crippen LogP) is 3.28. The van der Waals surface area contributed by atoms with Crippen molar-refractivity contribution in [3.63, 3.8) is 0 Å². The first kappa shape index (κ1) is 24.7. The lowest BCUT2D eigenvalue weighted by Crippen LogP contribution is -2.48. The molecule has 0 spiro atoms. The van der Waals surface area contributed by atoms with Crippen molar-refractivity contribution in [3.8, 4) is 11.1 Å². The Morgan fingerprint density at radius 1 is 0.971 bits per heavy atom. The highest BCUT2D eigenvalue weighted by atomic mass is 16.5. The SMILES string of the molecule is O=C(NC[C@H]1CCCC[C@H]1C(=O)N[C@H](CCO)C(=O)O)OCC1c2ccccc2-c2ccccc21. The van der Waals surface area contributed by atoms with Crippen molar-refractivity contribution in [2.75, 3.05) is 19.8 Å². The molecule has 0 radical (unpaired) electrons. The molecule has 0 aromatic heterocycles. The lowest BCUT2D eigenvalue weighted by Gasteiger charge is -2.31. The maximum atomic E-state index is 12.8. The van der Waals surface area contributed by atoms with Crippen LogP contribution in [0.2, 0.25) is 0 Å². The number of carboxylic acid groups (broad SMARTS) is 1. The van der Waals surface area contributed by atoms with Crippen molar-refractivity contribution in [2.24, 2.45) is 11.8 Å². The second-order valence-electron chi connectivity index (χ2n) is 9.27. The van der Waals surface area contributed by atoms with E-state index < -0.39 is 24.0 Å². The lowest BCUT2D eigenvalue weighted by molar-refractivity contribution is -0.143. The summed E-state index contributed by atoms with van der Waals surface area (Å²) in [6, 6.07) is 15.2. The number of fused-ring (bicyclic) bond motifs is 3. The summed E-state index contributed by atoms with van der Waals surface area (Å²) in [6.07, 6.45) is 2.64. The van der Waals surface area contributed by atoms with Crippen molar-refractivity contribution in [2.45, 2.75) is 44.1 Å². The van der Waals surface area contributed by atoms with Crippen LogP contribution in [0.5, 0.6) is 0 Å². The molecule has 2 aromatic carbocycles. The van der Waals surface area contributed by atoms with Crippen molar-refractivity contribution in [3.05, 3.63) is 59.7 Å². The van der Waals surface area contributed by atoms with E-state index in [0.29, 0.717) is 6.42 Å². The number of ether oxygens (including phenoxy) is 1. The Kier molecular flexibility index (Phi) is 8.02. The average molecular weight is 481 g/mol. The highest BCUT2D eigenvalue weighted by molar-refractivity contribution is 5.85. The largest absolute Gasteiger partial charge is 0.480 e. The standard InChI is InChI=1S/C27H32N2O6/c30-14-13-24(26(32)33)29-25(31)18-8-2-1-7-17(18)15-28-27(34)35-16-23-21-11-5-3-9-19(21)20-10-4-6-12-22(20)23/h3-6,9-12,17-18,23-24,30H,1-2,7-8,13-16H2,(H,28,34)(H,29,31)(H,32,33)/t17-,18-,24-/m1/s1. The van der Waals surface area contributed by atoms with Gasteiger partial charge in [-0.3, -0.25) is 4.79 Å². The van der Waals surface area contributed by atoms with Crippen LogP contribution in [0.1, 0.15) is 49.1 Å². The lowest BCUT2D eigenvalue weighted by atomic mass is 9.78. The van der Waals surface area contributed by atoms with E-state index in [9.17, 15) is 19.5 Å². The number of hydrogen-bond acceptors (Lipinski definition) is 5. The highest BCUT2D eigenvalue weighted by Gasteiger charge is 2.34. The van der Waals surface area contributed by atoms with Crippen molar-refractivity contribution in [1.82, 2.24) is 10.6 Å². The quantitative estimate of drug-likeness (QED) is 0.437. The van der Waals surface area contributed by atoms with Crippen LogP contribution in [0.3, 0.4) is 0 Å². The Labute approximate surface area is 204 Å². The molecule has 2 aromatic rings. The van der Waals surface area contributed by atoms with Crippen LogP contribution in [-0.4, -0.2) is 54.0 Å². The molecule has 0 aliphatic heterocycles. The topological polar surface area (TPSA) is 125 Å². The van der Waals surface area contributed by atoms with E-state index in [0.717, 1.165) is 41.5 Å². The van der Waals surface area contributed by atoms with Crippen LogP contribution in [0.4, 0.5) is 4.79 Å². The zero-order chi connectivity index (χ0) is 24.8. The molecule has 1 saturated carbocycles. The molecule has 0 saturated heterocycles. The molecule has 4 N–H and O–H groups in total. The molecule has 1 fully saturated rings. The normalized spacial score (nSPS) is 19.8.